The maximum absolute atomic E-state index is 12.0. The van der Waals surface area contributed by atoms with Crippen LogP contribution in [0.25, 0.3) is 11.2 Å². The number of nitrogens with two attached hydrogens (primary N) is 1. The van der Waals surface area contributed by atoms with E-state index < -0.39 is 0 Å². The number of fused-ring (bicyclic) bond motifs is 1. The van der Waals surface area contributed by atoms with Crippen LogP contribution in [0.1, 0.15) is 12.8 Å². The first kappa shape index (κ1) is 9.14. The minimum absolute atomic E-state index is 0.159. The third-order valence-electron chi connectivity index (χ3n) is 2.84. The van der Waals surface area contributed by atoms with Crippen LogP contribution < -0.4 is 11.3 Å². The van der Waals surface area contributed by atoms with Gasteiger partial charge in [0.05, 0.1) is 12.9 Å². The SMILES string of the molecule is Nc1nc2nc[nH]c2c(=O)n1CC1=CCC1. The third kappa shape index (κ3) is 1.23. The van der Waals surface area contributed by atoms with E-state index in [1.54, 1.807) is 0 Å². The quantitative estimate of drug-likeness (QED) is 0.713. The summed E-state index contributed by atoms with van der Waals surface area (Å²) in [5.74, 6) is 0.220. The second kappa shape index (κ2) is 3.19. The number of aromatic amines is 1. The molecule has 0 fully saturated rings. The molecule has 3 N–H and O–H groups in total. The molecule has 6 heteroatoms. The number of rotatable bonds is 2. The molecule has 0 saturated heterocycles. The van der Waals surface area contributed by atoms with Crippen molar-refractivity contribution in [2.45, 2.75) is 19.4 Å². The van der Waals surface area contributed by atoms with Crippen molar-refractivity contribution < 1.29 is 0 Å². The van der Waals surface area contributed by atoms with Crippen molar-refractivity contribution in [3.63, 3.8) is 0 Å². The van der Waals surface area contributed by atoms with Gasteiger partial charge in [0, 0.05) is 0 Å². The highest BCUT2D eigenvalue weighted by atomic mass is 16.1. The Balaban J connectivity index is 2.18. The lowest BCUT2D eigenvalue weighted by Gasteiger charge is -2.16. The average Bonchev–Trinajstić information content (AvgIpc) is 2.62. The predicted molar refractivity (Wildman–Crippen MR) is 59.9 cm³/mol. The second-order valence-electron chi connectivity index (χ2n) is 3.86. The maximum Gasteiger partial charge on any atom is 0.281 e. The highest BCUT2D eigenvalue weighted by Crippen LogP contribution is 2.20. The summed E-state index contributed by atoms with van der Waals surface area (Å²) in [5, 5.41) is 0. The van der Waals surface area contributed by atoms with Crippen molar-refractivity contribution in [2.75, 3.05) is 5.73 Å². The van der Waals surface area contributed by atoms with Crippen molar-refractivity contribution >= 4 is 17.1 Å². The Morgan fingerprint density at radius 3 is 3.06 bits per heavy atom. The zero-order valence-electron chi connectivity index (χ0n) is 8.60. The lowest BCUT2D eigenvalue weighted by Crippen LogP contribution is -2.26. The fraction of sp³-hybridized carbons (Fsp3) is 0.300. The molecule has 0 radical (unpaired) electrons. The summed E-state index contributed by atoms with van der Waals surface area (Å²) in [6.45, 7) is 0.534. The molecule has 0 aromatic carbocycles. The molecule has 2 heterocycles. The van der Waals surface area contributed by atoms with Gasteiger partial charge in [-0.1, -0.05) is 11.6 Å². The Morgan fingerprint density at radius 1 is 1.56 bits per heavy atom. The van der Waals surface area contributed by atoms with Crippen molar-refractivity contribution in [3.8, 4) is 0 Å². The van der Waals surface area contributed by atoms with E-state index in [1.807, 2.05) is 0 Å². The molecule has 1 aliphatic rings. The fourth-order valence-electron chi connectivity index (χ4n) is 1.79. The molecule has 0 saturated carbocycles. The van der Waals surface area contributed by atoms with E-state index in [-0.39, 0.29) is 11.5 Å². The minimum atomic E-state index is -0.159. The number of H-pyrrole nitrogens is 1. The van der Waals surface area contributed by atoms with Crippen LogP contribution in [-0.2, 0) is 6.54 Å². The zero-order chi connectivity index (χ0) is 11.1. The standard InChI is InChI=1S/C10H11N5O/c11-10-14-8-7(12-5-13-8)9(16)15(10)4-6-2-1-3-6/h2,5H,1,3-4H2,(H2,11,14)(H,12,13). The highest BCUT2D eigenvalue weighted by Gasteiger charge is 2.13. The number of anilines is 1. The molecule has 0 bridgehead atoms. The monoisotopic (exact) mass is 217 g/mol. The first-order valence-electron chi connectivity index (χ1n) is 5.13. The van der Waals surface area contributed by atoms with E-state index >= 15 is 0 Å². The number of imidazole rings is 1. The molecule has 0 amide bonds. The number of hydrogen-bond acceptors (Lipinski definition) is 4. The molecule has 6 nitrogen and oxygen atoms in total. The van der Waals surface area contributed by atoms with Crippen molar-refractivity contribution in [2.24, 2.45) is 0 Å². The normalized spacial score (nSPS) is 14.9. The van der Waals surface area contributed by atoms with E-state index in [2.05, 4.69) is 21.0 Å². The van der Waals surface area contributed by atoms with Crippen LogP contribution in [0.2, 0.25) is 0 Å². The van der Waals surface area contributed by atoms with Crippen LogP contribution >= 0.6 is 0 Å². The van der Waals surface area contributed by atoms with Crippen LogP contribution in [0.15, 0.2) is 22.8 Å². The Hall–Kier alpha value is -2.11. The Labute approximate surface area is 90.8 Å². The number of hydrogen-bond donors (Lipinski definition) is 2. The van der Waals surface area contributed by atoms with Crippen LogP contribution in [0.4, 0.5) is 5.95 Å². The van der Waals surface area contributed by atoms with Gasteiger partial charge in [-0.25, -0.2) is 4.98 Å². The van der Waals surface area contributed by atoms with Crippen molar-refractivity contribution in [1.82, 2.24) is 19.5 Å². The second-order valence-corrected chi connectivity index (χ2v) is 3.86. The Bertz CT molecular complexity index is 636. The summed E-state index contributed by atoms with van der Waals surface area (Å²) in [6, 6.07) is 0. The third-order valence-corrected chi connectivity index (χ3v) is 2.84. The van der Waals surface area contributed by atoms with E-state index in [4.69, 9.17) is 5.73 Å². The van der Waals surface area contributed by atoms with Crippen LogP contribution in [0.3, 0.4) is 0 Å². The number of allylic oxidation sites excluding steroid dienone is 2. The summed E-state index contributed by atoms with van der Waals surface area (Å²) < 4.78 is 1.48. The van der Waals surface area contributed by atoms with Gasteiger partial charge >= 0.3 is 0 Å². The van der Waals surface area contributed by atoms with Crippen LogP contribution in [-0.4, -0.2) is 19.5 Å². The van der Waals surface area contributed by atoms with Gasteiger partial charge in [0.25, 0.3) is 5.56 Å². The van der Waals surface area contributed by atoms with Gasteiger partial charge in [0.1, 0.15) is 0 Å². The number of nitrogens with one attached hydrogen (secondary N) is 1. The smallest absolute Gasteiger partial charge is 0.281 e. The molecule has 3 rings (SSSR count). The number of nitrogens with zero attached hydrogens (tertiary/aromatic N) is 3. The van der Waals surface area contributed by atoms with Crippen LogP contribution in [0.5, 0.6) is 0 Å². The zero-order valence-corrected chi connectivity index (χ0v) is 8.60. The molecule has 0 aliphatic heterocycles. The van der Waals surface area contributed by atoms with Crippen molar-refractivity contribution in [1.29, 1.82) is 0 Å². The average molecular weight is 217 g/mol. The Morgan fingerprint density at radius 2 is 2.38 bits per heavy atom. The van der Waals surface area contributed by atoms with Crippen molar-refractivity contribution in [3.05, 3.63) is 28.3 Å². The topological polar surface area (TPSA) is 89.6 Å². The highest BCUT2D eigenvalue weighted by molar-refractivity contribution is 5.69. The van der Waals surface area contributed by atoms with Gasteiger partial charge in [-0.3, -0.25) is 9.36 Å². The molecule has 16 heavy (non-hydrogen) atoms. The van der Waals surface area contributed by atoms with Gasteiger partial charge in [0.2, 0.25) is 5.95 Å². The van der Waals surface area contributed by atoms with Gasteiger partial charge in [-0.15, -0.1) is 0 Å². The molecular weight excluding hydrogens is 206 g/mol. The first-order valence-corrected chi connectivity index (χ1v) is 5.13. The molecule has 2 aromatic heterocycles. The first-order chi connectivity index (χ1) is 7.75. The minimum Gasteiger partial charge on any atom is -0.369 e. The van der Waals surface area contributed by atoms with Gasteiger partial charge in [0.15, 0.2) is 11.2 Å². The molecule has 0 atom stereocenters. The van der Waals surface area contributed by atoms with Crippen LogP contribution in [0, 0.1) is 0 Å². The Kier molecular flexibility index (Phi) is 1.82. The summed E-state index contributed by atoms with van der Waals surface area (Å²) in [4.78, 5) is 22.8. The summed E-state index contributed by atoms with van der Waals surface area (Å²) in [6.07, 6.45) is 5.69. The molecule has 1 aliphatic carbocycles. The molecule has 82 valence electrons. The fourth-order valence-corrected chi connectivity index (χ4v) is 1.79. The van der Waals surface area contributed by atoms with E-state index in [9.17, 15) is 4.79 Å². The lowest BCUT2D eigenvalue weighted by molar-refractivity contribution is 0.681. The lowest BCUT2D eigenvalue weighted by atomic mass is 9.99. The van der Waals surface area contributed by atoms with Gasteiger partial charge < -0.3 is 10.7 Å². The maximum atomic E-state index is 12.0. The summed E-state index contributed by atoms with van der Waals surface area (Å²) in [7, 11) is 0. The molecular formula is C10H11N5O. The molecule has 2 aromatic rings. The van der Waals surface area contributed by atoms with Gasteiger partial charge in [-0.2, -0.15) is 4.98 Å². The molecule has 0 spiro atoms. The van der Waals surface area contributed by atoms with Gasteiger partial charge in [-0.05, 0) is 12.8 Å². The van der Waals surface area contributed by atoms with E-state index in [0.29, 0.717) is 17.7 Å². The molecule has 0 unspecified atom stereocenters. The number of nitrogen functional groups attached to an aromatic ring is 1. The summed E-state index contributed by atoms with van der Waals surface area (Å²) >= 11 is 0. The summed E-state index contributed by atoms with van der Waals surface area (Å²) in [5.41, 5.74) is 7.60. The predicted octanol–water partition coefficient (Wildman–Crippen LogP) is 0.422. The van der Waals surface area contributed by atoms with E-state index in [0.717, 1.165) is 12.8 Å². The number of aromatic nitrogens is 4. The van der Waals surface area contributed by atoms with E-state index in [1.165, 1.54) is 16.5 Å². The largest absolute Gasteiger partial charge is 0.369 e.